The summed E-state index contributed by atoms with van der Waals surface area (Å²) in [6.45, 7) is 9.78. The molecule has 0 aromatic carbocycles. The Kier molecular flexibility index (Phi) is 5.97. The molecule has 0 radical (unpaired) electrons. The number of rotatable bonds is 7. The summed E-state index contributed by atoms with van der Waals surface area (Å²) in [6.07, 6.45) is 1.01. The molecule has 96 valence electrons. The number of hydrogen-bond acceptors (Lipinski definition) is 3. The summed E-state index contributed by atoms with van der Waals surface area (Å²) in [7, 11) is 1.95. The van der Waals surface area contributed by atoms with Crippen LogP contribution in [-0.4, -0.2) is 37.8 Å². The van der Waals surface area contributed by atoms with Gasteiger partial charge in [-0.15, -0.1) is 0 Å². The SMILES string of the molecule is CNCC(C)(C)CC(C)(C)CNC(=O)CO. The smallest absolute Gasteiger partial charge is 0.245 e. The second kappa shape index (κ2) is 6.21. The lowest BCUT2D eigenvalue weighted by Crippen LogP contribution is -2.39. The molecule has 0 aliphatic rings. The van der Waals surface area contributed by atoms with Gasteiger partial charge in [0.1, 0.15) is 6.61 Å². The molecule has 0 fully saturated rings. The lowest BCUT2D eigenvalue weighted by Gasteiger charge is -2.35. The molecule has 4 heteroatoms. The summed E-state index contributed by atoms with van der Waals surface area (Å²) in [5.74, 6) is -0.306. The van der Waals surface area contributed by atoms with Gasteiger partial charge in [-0.1, -0.05) is 27.7 Å². The van der Waals surface area contributed by atoms with Crippen molar-refractivity contribution in [2.24, 2.45) is 10.8 Å². The van der Waals surface area contributed by atoms with E-state index < -0.39 is 6.61 Å². The molecule has 0 rings (SSSR count). The number of aliphatic hydroxyl groups excluding tert-OH is 1. The predicted molar refractivity (Wildman–Crippen MR) is 66.2 cm³/mol. The maximum Gasteiger partial charge on any atom is 0.245 e. The molecule has 0 heterocycles. The van der Waals surface area contributed by atoms with Crippen LogP contribution < -0.4 is 10.6 Å². The molecular formula is C12H26N2O2. The molecule has 0 aromatic heterocycles. The van der Waals surface area contributed by atoms with Gasteiger partial charge in [0.2, 0.25) is 5.91 Å². The van der Waals surface area contributed by atoms with Crippen molar-refractivity contribution in [3.8, 4) is 0 Å². The van der Waals surface area contributed by atoms with Crippen LogP contribution >= 0.6 is 0 Å². The van der Waals surface area contributed by atoms with E-state index in [1.807, 2.05) is 7.05 Å². The van der Waals surface area contributed by atoms with E-state index in [0.717, 1.165) is 13.0 Å². The molecule has 0 unspecified atom stereocenters. The van der Waals surface area contributed by atoms with Crippen molar-refractivity contribution in [1.82, 2.24) is 10.6 Å². The maximum absolute atomic E-state index is 11.0. The number of amides is 1. The van der Waals surface area contributed by atoms with Crippen LogP contribution in [0.2, 0.25) is 0 Å². The van der Waals surface area contributed by atoms with Crippen LogP contribution in [-0.2, 0) is 4.79 Å². The molecular weight excluding hydrogens is 204 g/mol. The second-order valence-electron chi connectivity index (χ2n) is 5.97. The van der Waals surface area contributed by atoms with E-state index >= 15 is 0 Å². The minimum Gasteiger partial charge on any atom is -0.387 e. The van der Waals surface area contributed by atoms with E-state index in [4.69, 9.17) is 5.11 Å². The normalized spacial score (nSPS) is 12.6. The van der Waals surface area contributed by atoms with E-state index in [1.165, 1.54) is 0 Å². The van der Waals surface area contributed by atoms with Gasteiger partial charge in [0.05, 0.1) is 0 Å². The number of aliphatic hydroxyl groups is 1. The van der Waals surface area contributed by atoms with E-state index in [9.17, 15) is 4.79 Å². The Bertz CT molecular complexity index is 225. The Labute approximate surface area is 98.8 Å². The average Bonchev–Trinajstić information content (AvgIpc) is 2.12. The first kappa shape index (κ1) is 15.4. The van der Waals surface area contributed by atoms with E-state index in [2.05, 4.69) is 38.3 Å². The molecule has 0 saturated carbocycles. The monoisotopic (exact) mass is 230 g/mol. The van der Waals surface area contributed by atoms with Gasteiger partial charge >= 0.3 is 0 Å². The topological polar surface area (TPSA) is 61.4 Å². The van der Waals surface area contributed by atoms with Gasteiger partial charge in [-0.05, 0) is 30.8 Å². The highest BCUT2D eigenvalue weighted by Gasteiger charge is 2.28. The summed E-state index contributed by atoms with van der Waals surface area (Å²) in [5.41, 5.74) is 0.230. The third-order valence-electron chi connectivity index (χ3n) is 2.52. The number of nitrogens with one attached hydrogen (secondary N) is 2. The third kappa shape index (κ3) is 6.80. The first-order chi connectivity index (χ1) is 7.22. The van der Waals surface area contributed by atoms with Crippen LogP contribution in [0.1, 0.15) is 34.1 Å². The fourth-order valence-corrected chi connectivity index (χ4v) is 2.29. The summed E-state index contributed by atoms with van der Waals surface area (Å²) in [4.78, 5) is 11.0. The van der Waals surface area contributed by atoms with Crippen LogP contribution in [0.4, 0.5) is 0 Å². The Morgan fingerprint density at radius 2 is 1.62 bits per heavy atom. The van der Waals surface area contributed by atoms with Crippen molar-refractivity contribution in [2.45, 2.75) is 34.1 Å². The number of carbonyl (C=O) groups is 1. The van der Waals surface area contributed by atoms with Gasteiger partial charge in [0.25, 0.3) is 0 Å². The highest BCUT2D eigenvalue weighted by Crippen LogP contribution is 2.32. The third-order valence-corrected chi connectivity index (χ3v) is 2.52. The predicted octanol–water partition coefficient (Wildman–Crippen LogP) is 0.757. The van der Waals surface area contributed by atoms with Gasteiger partial charge in [-0.25, -0.2) is 0 Å². The largest absolute Gasteiger partial charge is 0.387 e. The fraction of sp³-hybridized carbons (Fsp3) is 0.917. The Morgan fingerprint density at radius 1 is 1.12 bits per heavy atom. The van der Waals surface area contributed by atoms with Crippen molar-refractivity contribution in [3.05, 3.63) is 0 Å². The van der Waals surface area contributed by atoms with E-state index in [0.29, 0.717) is 6.54 Å². The van der Waals surface area contributed by atoms with Crippen molar-refractivity contribution >= 4 is 5.91 Å². The lowest BCUT2D eigenvalue weighted by molar-refractivity contribution is -0.124. The summed E-state index contributed by atoms with van der Waals surface area (Å²) in [6, 6.07) is 0. The molecule has 0 spiro atoms. The summed E-state index contributed by atoms with van der Waals surface area (Å²) < 4.78 is 0. The molecule has 3 N–H and O–H groups in total. The zero-order valence-electron chi connectivity index (χ0n) is 11.2. The van der Waals surface area contributed by atoms with Crippen LogP contribution in [0.3, 0.4) is 0 Å². The zero-order valence-corrected chi connectivity index (χ0v) is 11.2. The molecule has 0 aromatic rings. The Morgan fingerprint density at radius 3 is 2.06 bits per heavy atom. The van der Waals surface area contributed by atoms with Crippen LogP contribution in [0, 0.1) is 10.8 Å². The Balaban J connectivity index is 4.17. The number of hydrogen-bond donors (Lipinski definition) is 3. The van der Waals surface area contributed by atoms with Crippen molar-refractivity contribution in [3.63, 3.8) is 0 Å². The molecule has 16 heavy (non-hydrogen) atoms. The zero-order chi connectivity index (χ0) is 12.8. The molecule has 1 amide bonds. The Hall–Kier alpha value is -0.610. The lowest BCUT2D eigenvalue weighted by atomic mass is 9.75. The first-order valence-corrected chi connectivity index (χ1v) is 5.75. The van der Waals surface area contributed by atoms with Gasteiger partial charge in [-0.2, -0.15) is 0 Å². The fourth-order valence-electron chi connectivity index (χ4n) is 2.29. The van der Waals surface area contributed by atoms with E-state index in [1.54, 1.807) is 0 Å². The van der Waals surface area contributed by atoms with Crippen LogP contribution in [0.15, 0.2) is 0 Å². The van der Waals surface area contributed by atoms with Crippen molar-refractivity contribution in [1.29, 1.82) is 0 Å². The van der Waals surface area contributed by atoms with Crippen LogP contribution in [0.25, 0.3) is 0 Å². The standard InChI is InChI=1S/C12H26N2O2/c1-11(2,8-13-5)7-12(3,4)9-14-10(16)6-15/h13,15H,6-9H2,1-5H3,(H,14,16). The van der Waals surface area contributed by atoms with Crippen molar-refractivity contribution < 1.29 is 9.90 Å². The summed E-state index contributed by atoms with van der Waals surface area (Å²) >= 11 is 0. The average molecular weight is 230 g/mol. The van der Waals surface area contributed by atoms with Crippen LogP contribution in [0.5, 0.6) is 0 Å². The molecule has 0 bridgehead atoms. The first-order valence-electron chi connectivity index (χ1n) is 5.75. The molecule has 0 atom stereocenters. The molecule has 4 nitrogen and oxygen atoms in total. The summed E-state index contributed by atoms with van der Waals surface area (Å²) in [5, 5.41) is 14.5. The number of carbonyl (C=O) groups excluding carboxylic acids is 1. The highest BCUT2D eigenvalue weighted by atomic mass is 16.3. The van der Waals surface area contributed by atoms with Crippen molar-refractivity contribution in [2.75, 3.05) is 26.7 Å². The van der Waals surface area contributed by atoms with Gasteiger partial charge in [0.15, 0.2) is 0 Å². The maximum atomic E-state index is 11.0. The molecule has 0 aliphatic heterocycles. The second-order valence-corrected chi connectivity index (χ2v) is 5.97. The van der Waals surface area contributed by atoms with E-state index in [-0.39, 0.29) is 16.7 Å². The molecule has 0 saturated heterocycles. The molecule has 0 aliphatic carbocycles. The minimum absolute atomic E-state index is 0.0329. The minimum atomic E-state index is -0.435. The van der Waals surface area contributed by atoms with Gasteiger partial charge in [0, 0.05) is 6.54 Å². The van der Waals surface area contributed by atoms with Gasteiger partial charge in [-0.3, -0.25) is 4.79 Å². The highest BCUT2D eigenvalue weighted by molar-refractivity contribution is 5.76. The van der Waals surface area contributed by atoms with Gasteiger partial charge < -0.3 is 15.7 Å². The quantitative estimate of drug-likeness (QED) is 0.605.